The average molecular weight is 517 g/mol. The fourth-order valence-corrected chi connectivity index (χ4v) is 5.72. The number of carbonyl (C=O) groups excluding carboxylic acids is 2. The molecule has 2 bridgehead atoms. The fourth-order valence-electron chi connectivity index (χ4n) is 5.27. The van der Waals surface area contributed by atoms with Crippen molar-refractivity contribution in [3.8, 4) is 5.75 Å². The largest absolute Gasteiger partial charge is 0.493 e. The first-order valence-electron chi connectivity index (χ1n) is 12.2. The Labute approximate surface area is 209 Å². The van der Waals surface area contributed by atoms with Gasteiger partial charge in [0.2, 0.25) is 10.0 Å². The van der Waals surface area contributed by atoms with E-state index in [4.69, 9.17) is 9.57 Å². The molecule has 0 aromatic heterocycles. The van der Waals surface area contributed by atoms with E-state index < -0.39 is 21.7 Å². The number of nitrogens with one attached hydrogen (secondary N) is 1. The first-order valence-corrected chi connectivity index (χ1v) is 14.1. The number of piperidine rings is 1. The number of hydroxylamine groups is 2. The second-order valence-electron chi connectivity index (χ2n) is 9.99. The van der Waals surface area contributed by atoms with Crippen LogP contribution in [0, 0.1) is 11.7 Å². The van der Waals surface area contributed by atoms with Crippen LogP contribution < -0.4 is 9.46 Å². The number of carbonyl (C=O) groups is 2. The number of halogens is 1. The molecule has 2 heterocycles. The molecule has 1 N–H and O–H groups in total. The molecule has 2 atom stereocenters. The highest BCUT2D eigenvalue weighted by atomic mass is 32.2. The van der Waals surface area contributed by atoms with Gasteiger partial charge in [0, 0.05) is 18.2 Å². The molecular formula is C26H29FN2O6S. The maximum Gasteiger partial charge on any atom is 0.357 e. The molecular weight excluding hydrogens is 487 g/mol. The van der Waals surface area contributed by atoms with Crippen molar-refractivity contribution < 1.29 is 32.0 Å². The normalized spacial score (nSPS) is 23.8. The molecule has 3 fully saturated rings. The summed E-state index contributed by atoms with van der Waals surface area (Å²) < 4.78 is 45.5. The summed E-state index contributed by atoms with van der Waals surface area (Å²) in [7, 11) is -3.81. The standard InChI is InChI=1S/C26H29FN2O6S/c1-36(32,33)28-25(30)22-13-21(17-7-8-17)24(14-23(22)27)34-15-16-11-19-9-10-20(12-16)29(19)35-26(31)18-5-3-2-4-6-18/h2-6,13-14,16-17,19-20H,7-12,15H2,1H3,(H,28,30). The highest BCUT2D eigenvalue weighted by molar-refractivity contribution is 7.89. The van der Waals surface area contributed by atoms with Crippen LogP contribution >= 0.6 is 0 Å². The zero-order valence-corrected chi connectivity index (χ0v) is 20.8. The molecule has 3 aliphatic rings. The summed E-state index contributed by atoms with van der Waals surface area (Å²) >= 11 is 0. The molecule has 2 aromatic carbocycles. The quantitative estimate of drug-likeness (QED) is 0.570. The van der Waals surface area contributed by atoms with Gasteiger partial charge in [0.1, 0.15) is 11.6 Å². The minimum atomic E-state index is -3.81. The molecule has 1 aliphatic carbocycles. The van der Waals surface area contributed by atoms with Gasteiger partial charge in [-0.15, -0.1) is 5.06 Å². The molecule has 2 aromatic rings. The van der Waals surface area contributed by atoms with Crippen molar-refractivity contribution in [1.29, 1.82) is 0 Å². The van der Waals surface area contributed by atoms with Gasteiger partial charge in [-0.2, -0.15) is 0 Å². The zero-order valence-electron chi connectivity index (χ0n) is 20.0. The van der Waals surface area contributed by atoms with Crippen LogP contribution in [0.4, 0.5) is 4.39 Å². The van der Waals surface area contributed by atoms with Crippen LogP contribution in [0.2, 0.25) is 0 Å². The number of rotatable bonds is 8. The molecule has 36 heavy (non-hydrogen) atoms. The number of ether oxygens (including phenoxy) is 1. The third-order valence-corrected chi connectivity index (χ3v) is 7.63. The van der Waals surface area contributed by atoms with E-state index in [2.05, 4.69) is 0 Å². The molecule has 10 heteroatoms. The van der Waals surface area contributed by atoms with Gasteiger partial charge in [0.05, 0.1) is 24.0 Å². The minimum absolute atomic E-state index is 0.117. The molecule has 5 rings (SSSR count). The highest BCUT2D eigenvalue weighted by Crippen LogP contribution is 2.46. The first kappa shape index (κ1) is 24.7. The Balaban J connectivity index is 1.23. The number of nitrogens with zero attached hydrogens (tertiary/aromatic N) is 1. The number of sulfonamides is 1. The van der Waals surface area contributed by atoms with Gasteiger partial charge in [-0.3, -0.25) is 4.79 Å². The lowest BCUT2D eigenvalue weighted by Crippen LogP contribution is -2.45. The average Bonchev–Trinajstić information content (AvgIpc) is 3.64. The topological polar surface area (TPSA) is 102 Å². The molecule has 0 spiro atoms. The van der Waals surface area contributed by atoms with Crippen molar-refractivity contribution in [1.82, 2.24) is 9.79 Å². The summed E-state index contributed by atoms with van der Waals surface area (Å²) in [4.78, 5) is 30.5. The summed E-state index contributed by atoms with van der Waals surface area (Å²) in [6.07, 6.45) is 6.14. The second kappa shape index (κ2) is 9.82. The van der Waals surface area contributed by atoms with E-state index in [0.29, 0.717) is 17.9 Å². The molecule has 1 saturated carbocycles. The van der Waals surface area contributed by atoms with E-state index in [1.165, 1.54) is 12.1 Å². The Hall–Kier alpha value is -2.98. The Kier molecular flexibility index (Phi) is 6.74. The molecule has 1 amide bonds. The summed E-state index contributed by atoms with van der Waals surface area (Å²) in [6, 6.07) is 11.8. The lowest BCUT2D eigenvalue weighted by molar-refractivity contribution is -0.166. The zero-order chi connectivity index (χ0) is 25.4. The van der Waals surface area contributed by atoms with Crippen LogP contribution in [-0.2, 0) is 14.9 Å². The van der Waals surface area contributed by atoms with Crippen molar-refractivity contribution in [2.75, 3.05) is 12.9 Å². The third-order valence-electron chi connectivity index (χ3n) is 7.08. The second-order valence-corrected chi connectivity index (χ2v) is 11.7. The molecule has 192 valence electrons. The van der Waals surface area contributed by atoms with Crippen LogP contribution in [0.1, 0.15) is 70.7 Å². The number of benzene rings is 2. The van der Waals surface area contributed by atoms with Crippen LogP contribution in [0.25, 0.3) is 0 Å². The van der Waals surface area contributed by atoms with E-state index in [1.807, 2.05) is 15.9 Å². The SMILES string of the molecule is CS(=O)(=O)NC(=O)c1cc(C2CC2)c(OCC2CC3CCC(C2)N3OC(=O)c2ccccc2)cc1F. The minimum Gasteiger partial charge on any atom is -0.493 e. The lowest BCUT2D eigenvalue weighted by atomic mass is 9.93. The molecule has 2 saturated heterocycles. The van der Waals surface area contributed by atoms with Crippen molar-refractivity contribution in [2.24, 2.45) is 5.92 Å². The van der Waals surface area contributed by atoms with E-state index in [0.717, 1.165) is 50.3 Å². The van der Waals surface area contributed by atoms with Crippen LogP contribution in [0.15, 0.2) is 42.5 Å². The highest BCUT2D eigenvalue weighted by Gasteiger charge is 2.43. The van der Waals surface area contributed by atoms with Gasteiger partial charge < -0.3 is 9.57 Å². The molecule has 2 aliphatic heterocycles. The van der Waals surface area contributed by atoms with Gasteiger partial charge in [-0.1, -0.05) is 18.2 Å². The Bertz CT molecular complexity index is 1250. The summed E-state index contributed by atoms with van der Waals surface area (Å²) in [5.74, 6) is -1.38. The monoisotopic (exact) mass is 516 g/mol. The van der Waals surface area contributed by atoms with Gasteiger partial charge >= 0.3 is 5.97 Å². The number of hydrogen-bond acceptors (Lipinski definition) is 7. The van der Waals surface area contributed by atoms with E-state index in [-0.39, 0.29) is 35.5 Å². The van der Waals surface area contributed by atoms with Gasteiger partial charge in [0.15, 0.2) is 0 Å². The van der Waals surface area contributed by atoms with E-state index >= 15 is 0 Å². The maximum atomic E-state index is 14.8. The van der Waals surface area contributed by atoms with Gasteiger partial charge in [-0.05, 0) is 74.1 Å². The molecule has 0 radical (unpaired) electrons. The van der Waals surface area contributed by atoms with Crippen LogP contribution in [0.3, 0.4) is 0 Å². The first-order chi connectivity index (χ1) is 17.2. The van der Waals surface area contributed by atoms with Crippen molar-refractivity contribution >= 4 is 21.9 Å². The van der Waals surface area contributed by atoms with Crippen LogP contribution in [0.5, 0.6) is 5.75 Å². The smallest absolute Gasteiger partial charge is 0.357 e. The van der Waals surface area contributed by atoms with Crippen molar-refractivity contribution in [2.45, 2.75) is 56.5 Å². The van der Waals surface area contributed by atoms with E-state index in [1.54, 1.807) is 24.3 Å². The summed E-state index contributed by atoms with van der Waals surface area (Å²) in [5.41, 5.74) is 0.944. The Morgan fingerprint density at radius 1 is 1.06 bits per heavy atom. The number of fused-ring (bicyclic) bond motifs is 2. The maximum absolute atomic E-state index is 14.8. The van der Waals surface area contributed by atoms with Crippen LogP contribution in [-0.4, -0.2) is 50.3 Å². The summed E-state index contributed by atoms with van der Waals surface area (Å²) in [6.45, 7) is 0.390. The number of hydrogen-bond donors (Lipinski definition) is 1. The van der Waals surface area contributed by atoms with Gasteiger partial charge in [-0.25, -0.2) is 22.3 Å². The molecule has 2 unspecified atom stereocenters. The Morgan fingerprint density at radius 2 is 1.72 bits per heavy atom. The Morgan fingerprint density at radius 3 is 2.33 bits per heavy atom. The predicted octanol–water partition coefficient (Wildman–Crippen LogP) is 3.79. The lowest BCUT2D eigenvalue weighted by Gasteiger charge is -2.37. The van der Waals surface area contributed by atoms with Crippen molar-refractivity contribution in [3.63, 3.8) is 0 Å². The predicted molar refractivity (Wildman–Crippen MR) is 129 cm³/mol. The van der Waals surface area contributed by atoms with Gasteiger partial charge in [0.25, 0.3) is 5.91 Å². The molecule has 8 nitrogen and oxygen atoms in total. The number of amides is 1. The fraction of sp³-hybridized carbons (Fsp3) is 0.462. The third kappa shape index (κ3) is 5.54. The summed E-state index contributed by atoms with van der Waals surface area (Å²) in [5, 5.41) is 1.84. The van der Waals surface area contributed by atoms with Crippen molar-refractivity contribution in [3.05, 3.63) is 65.0 Å². The van der Waals surface area contributed by atoms with E-state index in [9.17, 15) is 22.4 Å².